The summed E-state index contributed by atoms with van der Waals surface area (Å²) in [5, 5.41) is 0. The van der Waals surface area contributed by atoms with Gasteiger partial charge in [0.05, 0.1) is 0 Å². The topological polar surface area (TPSA) is 9.23 Å². The van der Waals surface area contributed by atoms with E-state index in [9.17, 15) is 0 Å². The van der Waals surface area contributed by atoms with Gasteiger partial charge in [-0.3, -0.25) is 0 Å². The molecule has 0 aliphatic carbocycles. The molecule has 0 heterocycles. The van der Waals surface area contributed by atoms with Crippen molar-refractivity contribution in [2.24, 2.45) is 0 Å². The number of unbranched alkanes of at least 4 members (excludes halogenated alkanes) is 2. The van der Waals surface area contributed by atoms with Crippen LogP contribution in [0.2, 0.25) is 0 Å². The lowest BCUT2D eigenvalue weighted by molar-refractivity contribution is 0.193. The van der Waals surface area contributed by atoms with Crippen LogP contribution in [0.4, 0.5) is 0 Å². The Morgan fingerprint density at radius 3 is 2.27 bits per heavy atom. The Bertz CT molecular complexity index is 76.0. The Morgan fingerprint density at radius 2 is 1.82 bits per heavy atom. The summed E-state index contributed by atoms with van der Waals surface area (Å²) in [7, 11) is 0.905. The largest absolute Gasteiger partial charge is 0.425 e. The van der Waals surface area contributed by atoms with Gasteiger partial charge in [-0.05, 0) is 12.8 Å². The van der Waals surface area contributed by atoms with Crippen LogP contribution in [-0.4, -0.2) is 16.6 Å². The van der Waals surface area contributed by atoms with Crippen molar-refractivity contribution in [2.45, 2.75) is 58.5 Å². The van der Waals surface area contributed by atoms with Crippen LogP contribution < -0.4 is 0 Å². The Morgan fingerprint density at radius 1 is 1.09 bits per heavy atom. The highest BCUT2D eigenvalue weighted by molar-refractivity contribution is 5.98. The minimum absolute atomic E-state index is 0.582. The molecule has 0 radical (unpaired) electrons. The molecule has 0 aromatic rings. The third kappa shape index (κ3) is 6.57. The summed E-state index contributed by atoms with van der Waals surface area (Å²) in [6, 6.07) is 0. The normalized spacial score (nSPS) is 13.6. The van der Waals surface area contributed by atoms with Gasteiger partial charge in [0.25, 0.3) is 0 Å². The van der Waals surface area contributed by atoms with Gasteiger partial charge in [0.1, 0.15) is 10.5 Å². The Balaban J connectivity index is 3.20. The molecule has 0 saturated heterocycles. The smallest absolute Gasteiger partial charge is 0.146 e. The third-order valence-electron chi connectivity index (χ3n) is 2.07. The van der Waals surface area contributed by atoms with Gasteiger partial charge in [-0.15, -0.1) is 0 Å². The van der Waals surface area contributed by atoms with Crippen LogP contribution in [0.15, 0.2) is 0 Å². The van der Waals surface area contributed by atoms with Crippen LogP contribution in [0.1, 0.15) is 52.4 Å². The molecule has 2 heteroatoms. The van der Waals surface area contributed by atoms with Crippen molar-refractivity contribution in [1.29, 1.82) is 0 Å². The molecule has 0 N–H and O–H groups in total. The minimum Gasteiger partial charge on any atom is -0.425 e. The van der Waals surface area contributed by atoms with Crippen molar-refractivity contribution in [2.75, 3.05) is 0 Å². The molecular weight excluding hydrogens is 152 g/mol. The van der Waals surface area contributed by atoms with Crippen LogP contribution in [-0.2, 0) is 4.43 Å². The first-order valence-electron chi connectivity index (χ1n) is 4.87. The van der Waals surface area contributed by atoms with Gasteiger partial charge in [-0.1, -0.05) is 39.5 Å². The molecule has 0 spiro atoms. The first kappa shape index (κ1) is 11.2. The van der Waals surface area contributed by atoms with Crippen molar-refractivity contribution in [3.05, 3.63) is 0 Å². The summed E-state index contributed by atoms with van der Waals surface area (Å²) in [5.41, 5.74) is 0. The zero-order valence-electron chi connectivity index (χ0n) is 8.23. The molecule has 68 valence electrons. The number of rotatable bonds is 7. The highest BCUT2D eigenvalue weighted by Gasteiger charge is 2.03. The van der Waals surface area contributed by atoms with Crippen molar-refractivity contribution in [3.63, 3.8) is 0 Å². The molecule has 0 fully saturated rings. The second-order valence-electron chi connectivity index (χ2n) is 3.14. The lowest BCUT2D eigenvalue weighted by atomic mass is 10.1. The maximum atomic E-state index is 5.48. The summed E-state index contributed by atoms with van der Waals surface area (Å²) in [4.78, 5) is 0. The molecular formula is C9H22OSi. The van der Waals surface area contributed by atoms with Gasteiger partial charge in [-0.2, -0.15) is 0 Å². The molecule has 1 nitrogen and oxygen atoms in total. The fourth-order valence-corrected chi connectivity index (χ4v) is 1.80. The zero-order valence-corrected chi connectivity index (χ0v) is 10.2. The molecule has 0 aliphatic heterocycles. The first-order chi connectivity index (χ1) is 5.35. The summed E-state index contributed by atoms with van der Waals surface area (Å²) in [5.74, 6) is 0. The van der Waals surface area contributed by atoms with Crippen molar-refractivity contribution in [3.8, 4) is 0 Å². The Kier molecular flexibility index (Phi) is 8.41. The van der Waals surface area contributed by atoms with Crippen LogP contribution in [0, 0.1) is 0 Å². The fourth-order valence-electron chi connectivity index (χ4n) is 1.32. The van der Waals surface area contributed by atoms with E-state index in [1.165, 1.54) is 38.5 Å². The zero-order chi connectivity index (χ0) is 8.53. The molecule has 11 heavy (non-hydrogen) atoms. The predicted octanol–water partition coefficient (Wildman–Crippen LogP) is 2.03. The molecule has 0 rings (SSSR count). The van der Waals surface area contributed by atoms with Gasteiger partial charge in [0.2, 0.25) is 0 Å². The van der Waals surface area contributed by atoms with Crippen LogP contribution in [0.5, 0.6) is 0 Å². The van der Waals surface area contributed by atoms with Gasteiger partial charge < -0.3 is 4.43 Å². The number of hydrogen-bond acceptors (Lipinski definition) is 1. The second kappa shape index (κ2) is 8.28. The van der Waals surface area contributed by atoms with Gasteiger partial charge in [0.15, 0.2) is 0 Å². The molecule has 0 aliphatic rings. The number of hydrogen-bond donors (Lipinski definition) is 0. The van der Waals surface area contributed by atoms with E-state index in [2.05, 4.69) is 13.8 Å². The summed E-state index contributed by atoms with van der Waals surface area (Å²) in [6.45, 7) is 4.48. The van der Waals surface area contributed by atoms with Crippen molar-refractivity contribution < 1.29 is 4.43 Å². The molecule has 0 saturated carbocycles. The summed E-state index contributed by atoms with van der Waals surface area (Å²) >= 11 is 0. The molecule has 0 amide bonds. The van der Waals surface area contributed by atoms with Gasteiger partial charge in [0, 0.05) is 6.10 Å². The van der Waals surface area contributed by atoms with Crippen molar-refractivity contribution >= 4 is 10.5 Å². The van der Waals surface area contributed by atoms with E-state index in [0.717, 1.165) is 10.5 Å². The second-order valence-corrected chi connectivity index (χ2v) is 3.61. The maximum absolute atomic E-state index is 5.48. The van der Waals surface area contributed by atoms with E-state index in [0.29, 0.717) is 6.10 Å². The third-order valence-corrected chi connectivity index (χ3v) is 2.74. The summed E-state index contributed by atoms with van der Waals surface area (Å²) < 4.78 is 5.48. The Hall–Kier alpha value is 0.177. The average Bonchev–Trinajstić information content (AvgIpc) is 2.03. The van der Waals surface area contributed by atoms with Crippen LogP contribution >= 0.6 is 0 Å². The van der Waals surface area contributed by atoms with Gasteiger partial charge in [-0.25, -0.2) is 0 Å². The lowest BCUT2D eigenvalue weighted by Gasteiger charge is -2.13. The van der Waals surface area contributed by atoms with E-state index in [4.69, 9.17) is 4.43 Å². The van der Waals surface area contributed by atoms with Crippen LogP contribution in [0.3, 0.4) is 0 Å². The van der Waals surface area contributed by atoms with Crippen LogP contribution in [0.25, 0.3) is 0 Å². The molecule has 0 aromatic carbocycles. The van der Waals surface area contributed by atoms with Crippen molar-refractivity contribution in [1.82, 2.24) is 0 Å². The predicted molar refractivity (Wildman–Crippen MR) is 53.9 cm³/mol. The maximum Gasteiger partial charge on any atom is 0.146 e. The molecule has 0 bridgehead atoms. The summed E-state index contributed by atoms with van der Waals surface area (Å²) in [6.07, 6.45) is 8.42. The molecule has 1 atom stereocenters. The quantitative estimate of drug-likeness (QED) is 0.424. The highest BCUT2D eigenvalue weighted by atomic mass is 28.2. The molecule has 0 aromatic heterocycles. The van der Waals surface area contributed by atoms with Gasteiger partial charge >= 0.3 is 0 Å². The first-order valence-corrected chi connectivity index (χ1v) is 5.69. The average molecular weight is 174 g/mol. The van der Waals surface area contributed by atoms with E-state index in [1.807, 2.05) is 0 Å². The van der Waals surface area contributed by atoms with E-state index >= 15 is 0 Å². The fraction of sp³-hybridized carbons (Fsp3) is 1.00. The monoisotopic (exact) mass is 174 g/mol. The van der Waals surface area contributed by atoms with E-state index in [-0.39, 0.29) is 0 Å². The van der Waals surface area contributed by atoms with E-state index in [1.54, 1.807) is 0 Å². The minimum atomic E-state index is 0.582. The standard InChI is InChI=1S/C9H22OSi/c1-3-5-6-8-9(10-11)7-4-2/h9H,3-8H2,1-2,11H3. The Labute approximate surface area is 74.1 Å². The highest BCUT2D eigenvalue weighted by Crippen LogP contribution is 2.10. The lowest BCUT2D eigenvalue weighted by Crippen LogP contribution is -2.10. The SMILES string of the molecule is CCCCCC(CCC)O[SiH3]. The van der Waals surface area contributed by atoms with E-state index < -0.39 is 0 Å². The molecule has 1 unspecified atom stereocenters.